The summed E-state index contributed by atoms with van der Waals surface area (Å²) in [6, 6.07) is 10.9. The van der Waals surface area contributed by atoms with Gasteiger partial charge in [-0.3, -0.25) is 9.78 Å². The Kier molecular flexibility index (Phi) is 3.92. The van der Waals surface area contributed by atoms with Gasteiger partial charge in [0.2, 0.25) is 0 Å². The van der Waals surface area contributed by atoms with E-state index in [9.17, 15) is 4.79 Å². The third kappa shape index (κ3) is 3.39. The highest BCUT2D eigenvalue weighted by Gasteiger charge is 2.07. The number of hydrogen-bond donors (Lipinski definition) is 2. The lowest BCUT2D eigenvalue weighted by Crippen LogP contribution is -2.13. The van der Waals surface area contributed by atoms with Crippen molar-refractivity contribution in [2.45, 2.75) is 19.9 Å². The SMILES string of the molecule is Cc1cc(C(=O)Nc2cccc(C(C)N)c2)ccn1. The molecule has 0 aliphatic rings. The maximum absolute atomic E-state index is 12.1. The van der Waals surface area contributed by atoms with E-state index in [1.807, 2.05) is 38.1 Å². The second kappa shape index (κ2) is 5.63. The summed E-state index contributed by atoms with van der Waals surface area (Å²) in [6.45, 7) is 3.76. The summed E-state index contributed by atoms with van der Waals surface area (Å²) >= 11 is 0. The molecule has 0 aliphatic heterocycles. The molecule has 0 saturated heterocycles. The lowest BCUT2D eigenvalue weighted by Gasteiger charge is -2.09. The minimum absolute atomic E-state index is 0.0555. The number of benzene rings is 1. The first-order chi connectivity index (χ1) is 9.06. The van der Waals surface area contributed by atoms with Crippen LogP contribution in [0.1, 0.15) is 34.6 Å². The van der Waals surface area contributed by atoms with E-state index in [-0.39, 0.29) is 11.9 Å². The third-order valence-electron chi connectivity index (χ3n) is 2.83. The van der Waals surface area contributed by atoms with Crippen molar-refractivity contribution in [3.63, 3.8) is 0 Å². The zero-order chi connectivity index (χ0) is 13.8. The molecule has 1 heterocycles. The molecule has 1 aromatic carbocycles. The van der Waals surface area contributed by atoms with Gasteiger partial charge >= 0.3 is 0 Å². The van der Waals surface area contributed by atoms with Crippen LogP contribution in [0.25, 0.3) is 0 Å². The molecule has 19 heavy (non-hydrogen) atoms. The summed E-state index contributed by atoms with van der Waals surface area (Å²) in [5, 5.41) is 2.86. The van der Waals surface area contributed by atoms with Crippen LogP contribution in [0.4, 0.5) is 5.69 Å². The Labute approximate surface area is 112 Å². The Hall–Kier alpha value is -2.20. The van der Waals surface area contributed by atoms with Crippen molar-refractivity contribution in [1.82, 2.24) is 4.98 Å². The lowest BCUT2D eigenvalue weighted by molar-refractivity contribution is 0.102. The molecular formula is C15H17N3O. The number of nitrogens with one attached hydrogen (secondary N) is 1. The van der Waals surface area contributed by atoms with Crippen molar-refractivity contribution in [1.29, 1.82) is 0 Å². The molecule has 0 spiro atoms. The zero-order valence-electron chi connectivity index (χ0n) is 11.1. The molecule has 2 rings (SSSR count). The second-order valence-electron chi connectivity index (χ2n) is 4.55. The van der Waals surface area contributed by atoms with Crippen LogP contribution >= 0.6 is 0 Å². The molecule has 0 saturated carbocycles. The van der Waals surface area contributed by atoms with Gasteiger partial charge in [0.15, 0.2) is 0 Å². The van der Waals surface area contributed by atoms with Crippen LogP contribution in [-0.2, 0) is 0 Å². The molecule has 2 aromatic rings. The molecule has 98 valence electrons. The van der Waals surface area contributed by atoms with E-state index < -0.39 is 0 Å². The molecular weight excluding hydrogens is 238 g/mol. The number of aryl methyl sites for hydroxylation is 1. The van der Waals surface area contributed by atoms with Gasteiger partial charge in [-0.25, -0.2) is 0 Å². The van der Waals surface area contributed by atoms with E-state index in [1.165, 1.54) is 0 Å². The van der Waals surface area contributed by atoms with Gasteiger partial charge in [0.1, 0.15) is 0 Å². The number of carbonyl (C=O) groups excluding carboxylic acids is 1. The molecule has 1 unspecified atom stereocenters. The predicted octanol–water partition coefficient (Wildman–Crippen LogP) is 2.66. The average Bonchev–Trinajstić information content (AvgIpc) is 2.39. The number of anilines is 1. The molecule has 0 fully saturated rings. The molecule has 0 bridgehead atoms. The monoisotopic (exact) mass is 255 g/mol. The molecule has 3 N–H and O–H groups in total. The Morgan fingerprint density at radius 3 is 2.79 bits per heavy atom. The number of aromatic nitrogens is 1. The molecule has 0 aliphatic carbocycles. The van der Waals surface area contributed by atoms with E-state index in [1.54, 1.807) is 18.3 Å². The van der Waals surface area contributed by atoms with Gasteiger partial charge < -0.3 is 11.1 Å². The van der Waals surface area contributed by atoms with Crippen molar-refractivity contribution >= 4 is 11.6 Å². The van der Waals surface area contributed by atoms with E-state index in [0.29, 0.717) is 5.56 Å². The maximum atomic E-state index is 12.1. The molecule has 1 aromatic heterocycles. The van der Waals surface area contributed by atoms with Gasteiger partial charge in [-0.1, -0.05) is 12.1 Å². The Morgan fingerprint density at radius 1 is 1.32 bits per heavy atom. The average molecular weight is 255 g/mol. The van der Waals surface area contributed by atoms with Crippen LogP contribution in [0.15, 0.2) is 42.6 Å². The van der Waals surface area contributed by atoms with Gasteiger partial charge in [-0.2, -0.15) is 0 Å². The number of pyridine rings is 1. The summed E-state index contributed by atoms with van der Waals surface area (Å²) < 4.78 is 0. The van der Waals surface area contributed by atoms with Gasteiger partial charge in [-0.05, 0) is 43.7 Å². The zero-order valence-corrected chi connectivity index (χ0v) is 11.1. The summed E-state index contributed by atoms with van der Waals surface area (Å²) in [7, 11) is 0. The first-order valence-electron chi connectivity index (χ1n) is 6.16. The fraction of sp³-hybridized carbons (Fsp3) is 0.200. The van der Waals surface area contributed by atoms with Crippen LogP contribution in [0.2, 0.25) is 0 Å². The molecule has 4 heteroatoms. The van der Waals surface area contributed by atoms with E-state index >= 15 is 0 Å². The smallest absolute Gasteiger partial charge is 0.255 e. The molecule has 1 atom stereocenters. The summed E-state index contributed by atoms with van der Waals surface area (Å²) in [5.74, 6) is -0.146. The number of rotatable bonds is 3. The Morgan fingerprint density at radius 2 is 2.11 bits per heavy atom. The van der Waals surface area contributed by atoms with Crippen LogP contribution < -0.4 is 11.1 Å². The molecule has 4 nitrogen and oxygen atoms in total. The number of carbonyl (C=O) groups is 1. The van der Waals surface area contributed by atoms with E-state index in [2.05, 4.69) is 10.3 Å². The van der Waals surface area contributed by atoms with E-state index in [4.69, 9.17) is 5.73 Å². The van der Waals surface area contributed by atoms with Crippen LogP contribution in [0.5, 0.6) is 0 Å². The highest BCUT2D eigenvalue weighted by molar-refractivity contribution is 6.04. The summed E-state index contributed by atoms with van der Waals surface area (Å²) in [6.07, 6.45) is 1.63. The second-order valence-corrected chi connectivity index (χ2v) is 4.55. The van der Waals surface area contributed by atoms with Crippen molar-refractivity contribution < 1.29 is 4.79 Å². The first-order valence-corrected chi connectivity index (χ1v) is 6.16. The van der Waals surface area contributed by atoms with Crippen molar-refractivity contribution in [2.75, 3.05) is 5.32 Å². The van der Waals surface area contributed by atoms with Gasteiger partial charge in [0, 0.05) is 29.2 Å². The first kappa shape index (κ1) is 13.2. The quantitative estimate of drug-likeness (QED) is 0.886. The van der Waals surface area contributed by atoms with Gasteiger partial charge in [0.05, 0.1) is 0 Å². The number of nitrogens with zero attached hydrogens (tertiary/aromatic N) is 1. The highest BCUT2D eigenvalue weighted by atomic mass is 16.1. The van der Waals surface area contributed by atoms with Gasteiger partial charge in [-0.15, -0.1) is 0 Å². The fourth-order valence-electron chi connectivity index (χ4n) is 1.79. The van der Waals surface area contributed by atoms with Crippen molar-refractivity contribution in [3.8, 4) is 0 Å². The van der Waals surface area contributed by atoms with Crippen molar-refractivity contribution in [3.05, 3.63) is 59.4 Å². The summed E-state index contributed by atoms with van der Waals surface area (Å²) in [5.41, 5.74) is 8.97. The van der Waals surface area contributed by atoms with Crippen LogP contribution in [-0.4, -0.2) is 10.9 Å². The normalized spacial score (nSPS) is 11.9. The van der Waals surface area contributed by atoms with E-state index in [0.717, 1.165) is 16.9 Å². The van der Waals surface area contributed by atoms with Crippen molar-refractivity contribution in [2.24, 2.45) is 5.73 Å². The summed E-state index contributed by atoms with van der Waals surface area (Å²) in [4.78, 5) is 16.1. The highest BCUT2D eigenvalue weighted by Crippen LogP contribution is 2.16. The largest absolute Gasteiger partial charge is 0.324 e. The number of hydrogen-bond acceptors (Lipinski definition) is 3. The molecule has 0 radical (unpaired) electrons. The minimum Gasteiger partial charge on any atom is -0.324 e. The standard InChI is InChI=1S/C15H17N3O/c1-10-8-13(6-7-17-10)15(19)18-14-5-3-4-12(9-14)11(2)16/h3-9,11H,16H2,1-2H3,(H,18,19). The molecule has 1 amide bonds. The third-order valence-corrected chi connectivity index (χ3v) is 2.83. The Bertz CT molecular complexity index is 593. The lowest BCUT2D eigenvalue weighted by atomic mass is 10.1. The Balaban J connectivity index is 2.17. The fourth-order valence-corrected chi connectivity index (χ4v) is 1.79. The van der Waals surface area contributed by atoms with Gasteiger partial charge in [0.25, 0.3) is 5.91 Å². The minimum atomic E-state index is -0.146. The van der Waals surface area contributed by atoms with Crippen LogP contribution in [0, 0.1) is 6.92 Å². The maximum Gasteiger partial charge on any atom is 0.255 e. The predicted molar refractivity (Wildman–Crippen MR) is 76.0 cm³/mol. The number of nitrogens with two attached hydrogens (primary N) is 1. The van der Waals surface area contributed by atoms with Crippen LogP contribution in [0.3, 0.4) is 0 Å². The topological polar surface area (TPSA) is 68.0 Å². The number of amides is 1.